The number of piperidine rings is 1. The monoisotopic (exact) mass is 324 g/mol. The van der Waals surface area contributed by atoms with Gasteiger partial charge in [-0.05, 0) is 0 Å². The van der Waals surface area contributed by atoms with Crippen LogP contribution in [0.25, 0.3) is 0 Å². The number of nitrogens with one attached hydrogen (secondary N) is 1. The van der Waals surface area contributed by atoms with E-state index >= 15 is 0 Å². The molecule has 1 aromatic heterocycles. The third-order valence-corrected chi connectivity index (χ3v) is 3.55. The van der Waals surface area contributed by atoms with E-state index in [2.05, 4.69) is 15.2 Å². The van der Waals surface area contributed by atoms with Gasteiger partial charge in [0.2, 0.25) is 5.82 Å². The van der Waals surface area contributed by atoms with Crippen molar-refractivity contribution in [1.82, 2.24) is 20.1 Å². The van der Waals surface area contributed by atoms with E-state index in [1.54, 1.807) is 0 Å². The molecule has 2 heterocycles. The largest absolute Gasteiger partial charge is 0.487 e. The summed E-state index contributed by atoms with van der Waals surface area (Å²) < 4.78 is 31.7. The van der Waals surface area contributed by atoms with Crippen LogP contribution in [-0.2, 0) is 0 Å². The van der Waals surface area contributed by atoms with Crippen molar-refractivity contribution in [3.63, 3.8) is 0 Å². The molecule has 1 aliphatic rings. The molecule has 2 N–H and O–H groups in total. The molecule has 1 fully saturated rings. The Hall–Kier alpha value is -2.55. The zero-order valence-electron chi connectivity index (χ0n) is 11.9. The molecule has 7 nitrogen and oxygen atoms in total. The number of aliphatic hydroxyl groups is 1. The van der Waals surface area contributed by atoms with E-state index in [0.717, 1.165) is 18.2 Å². The molecular formula is C14H14F2N4O3. The summed E-state index contributed by atoms with van der Waals surface area (Å²) in [6.45, 7) is 0.348. The number of β-amino-alcohol motifs (C(OH)–C–C–N with tert-alkyl or cyclic N) is 1. The van der Waals surface area contributed by atoms with Gasteiger partial charge in [0, 0.05) is 31.2 Å². The number of likely N-dealkylation sites (tertiary alicyclic amines) is 1. The van der Waals surface area contributed by atoms with Crippen LogP contribution in [0.3, 0.4) is 0 Å². The SMILES string of the molecule is O=C(c1ncn[nH]1)N1CC[C@@H](Oc2cc(F)cc(F)c2)[C@H](O)C1. The van der Waals surface area contributed by atoms with Crippen LogP contribution < -0.4 is 4.74 Å². The van der Waals surface area contributed by atoms with E-state index in [0.29, 0.717) is 13.0 Å². The van der Waals surface area contributed by atoms with E-state index in [9.17, 15) is 18.7 Å². The average Bonchev–Trinajstić information content (AvgIpc) is 3.02. The topological polar surface area (TPSA) is 91.3 Å². The van der Waals surface area contributed by atoms with Gasteiger partial charge < -0.3 is 14.7 Å². The van der Waals surface area contributed by atoms with Crippen molar-refractivity contribution in [3.8, 4) is 5.75 Å². The molecule has 0 saturated carbocycles. The van der Waals surface area contributed by atoms with Gasteiger partial charge in [-0.15, -0.1) is 0 Å². The predicted molar refractivity (Wildman–Crippen MR) is 73.7 cm³/mol. The molecule has 1 aliphatic heterocycles. The highest BCUT2D eigenvalue weighted by molar-refractivity contribution is 5.90. The van der Waals surface area contributed by atoms with Crippen molar-refractivity contribution in [2.45, 2.75) is 18.6 Å². The van der Waals surface area contributed by atoms with Gasteiger partial charge in [0.05, 0.1) is 6.54 Å². The second kappa shape index (κ2) is 6.29. The van der Waals surface area contributed by atoms with Crippen LogP contribution in [-0.4, -0.2) is 56.4 Å². The first-order valence-electron chi connectivity index (χ1n) is 6.98. The van der Waals surface area contributed by atoms with Gasteiger partial charge in [-0.25, -0.2) is 13.8 Å². The van der Waals surface area contributed by atoms with Crippen molar-refractivity contribution in [2.75, 3.05) is 13.1 Å². The van der Waals surface area contributed by atoms with Gasteiger partial charge in [0.15, 0.2) is 0 Å². The highest BCUT2D eigenvalue weighted by Crippen LogP contribution is 2.22. The lowest BCUT2D eigenvalue weighted by molar-refractivity contribution is -0.0204. The average molecular weight is 324 g/mol. The van der Waals surface area contributed by atoms with E-state index in [4.69, 9.17) is 4.74 Å². The highest BCUT2D eigenvalue weighted by Gasteiger charge is 2.33. The number of ether oxygens (including phenoxy) is 1. The van der Waals surface area contributed by atoms with E-state index in [1.165, 1.54) is 11.2 Å². The molecule has 0 spiro atoms. The Balaban J connectivity index is 1.63. The molecule has 3 rings (SSSR count). The lowest BCUT2D eigenvalue weighted by Gasteiger charge is -2.35. The first-order valence-corrected chi connectivity index (χ1v) is 6.98. The number of rotatable bonds is 3. The first kappa shape index (κ1) is 15.3. The number of aromatic nitrogens is 3. The second-order valence-electron chi connectivity index (χ2n) is 5.20. The van der Waals surface area contributed by atoms with Crippen LogP contribution in [0.1, 0.15) is 17.0 Å². The Morgan fingerprint density at radius 2 is 2.09 bits per heavy atom. The lowest BCUT2D eigenvalue weighted by Crippen LogP contribution is -2.51. The molecule has 0 unspecified atom stereocenters. The first-order chi connectivity index (χ1) is 11.0. The Morgan fingerprint density at radius 3 is 2.70 bits per heavy atom. The number of carbonyl (C=O) groups excluding carboxylic acids is 1. The van der Waals surface area contributed by atoms with Crippen LogP contribution in [0.15, 0.2) is 24.5 Å². The Kier molecular flexibility index (Phi) is 4.20. The van der Waals surface area contributed by atoms with Crippen LogP contribution in [0.4, 0.5) is 8.78 Å². The van der Waals surface area contributed by atoms with Gasteiger partial charge in [-0.1, -0.05) is 0 Å². The summed E-state index contributed by atoms with van der Waals surface area (Å²) in [5.74, 6) is -1.80. The normalized spacial score (nSPS) is 21.3. The maximum atomic E-state index is 13.2. The summed E-state index contributed by atoms with van der Waals surface area (Å²) in [4.78, 5) is 17.3. The van der Waals surface area contributed by atoms with Crippen molar-refractivity contribution in [1.29, 1.82) is 0 Å². The summed E-state index contributed by atoms with van der Waals surface area (Å²) in [6.07, 6.45) is -0.103. The molecule has 2 atom stereocenters. The molecule has 0 radical (unpaired) electrons. The number of hydrogen-bond acceptors (Lipinski definition) is 5. The number of hydrogen-bond donors (Lipinski definition) is 2. The summed E-state index contributed by atoms with van der Waals surface area (Å²) in [5.41, 5.74) is 0. The third kappa shape index (κ3) is 3.45. The quantitative estimate of drug-likeness (QED) is 0.869. The number of aromatic amines is 1. The molecule has 122 valence electrons. The van der Waals surface area contributed by atoms with Crippen LogP contribution in [0, 0.1) is 11.6 Å². The molecule has 1 aromatic carbocycles. The van der Waals surface area contributed by atoms with Gasteiger partial charge in [0.1, 0.15) is 35.9 Å². The standard InChI is InChI=1S/C14H14F2N4O3/c15-8-3-9(16)5-10(4-8)23-12-1-2-20(6-11(12)21)14(22)13-17-7-18-19-13/h3-5,7,11-12,21H,1-2,6H2,(H,17,18,19)/t11-,12-/m1/s1. The van der Waals surface area contributed by atoms with Crippen molar-refractivity contribution in [2.24, 2.45) is 0 Å². The molecule has 2 aromatic rings. The summed E-state index contributed by atoms with van der Waals surface area (Å²) in [5, 5.41) is 16.2. The summed E-state index contributed by atoms with van der Waals surface area (Å²) >= 11 is 0. The highest BCUT2D eigenvalue weighted by atomic mass is 19.1. The molecule has 1 amide bonds. The molecule has 1 saturated heterocycles. The van der Waals surface area contributed by atoms with Gasteiger partial charge in [-0.3, -0.25) is 9.89 Å². The summed E-state index contributed by atoms with van der Waals surface area (Å²) in [7, 11) is 0. The predicted octanol–water partition coefficient (Wildman–Crippen LogP) is 0.737. The minimum absolute atomic E-state index is 0.00145. The Morgan fingerprint density at radius 1 is 1.35 bits per heavy atom. The fraction of sp³-hybridized carbons (Fsp3) is 0.357. The smallest absolute Gasteiger partial charge is 0.291 e. The maximum absolute atomic E-state index is 13.2. The number of carbonyl (C=O) groups is 1. The minimum atomic E-state index is -0.984. The molecule has 0 aliphatic carbocycles. The summed E-state index contributed by atoms with van der Waals surface area (Å²) in [6, 6.07) is 2.83. The van der Waals surface area contributed by atoms with Crippen LogP contribution in [0.5, 0.6) is 5.75 Å². The van der Waals surface area contributed by atoms with E-state index in [1.807, 2.05) is 0 Å². The fourth-order valence-electron chi connectivity index (χ4n) is 2.46. The van der Waals surface area contributed by atoms with Crippen LogP contribution in [0.2, 0.25) is 0 Å². The maximum Gasteiger partial charge on any atom is 0.291 e. The second-order valence-corrected chi connectivity index (χ2v) is 5.20. The Labute approximate surface area is 129 Å². The number of nitrogens with zero attached hydrogens (tertiary/aromatic N) is 3. The number of benzene rings is 1. The number of aliphatic hydroxyl groups excluding tert-OH is 1. The zero-order valence-corrected chi connectivity index (χ0v) is 11.9. The van der Waals surface area contributed by atoms with E-state index in [-0.39, 0.29) is 24.0 Å². The van der Waals surface area contributed by atoms with Crippen molar-refractivity contribution in [3.05, 3.63) is 42.0 Å². The van der Waals surface area contributed by atoms with Crippen molar-refractivity contribution >= 4 is 5.91 Å². The van der Waals surface area contributed by atoms with Crippen LogP contribution >= 0.6 is 0 Å². The Bertz CT molecular complexity index is 675. The van der Waals surface area contributed by atoms with Gasteiger partial charge >= 0.3 is 0 Å². The molecule has 23 heavy (non-hydrogen) atoms. The lowest BCUT2D eigenvalue weighted by atomic mass is 10.0. The minimum Gasteiger partial charge on any atom is -0.487 e. The van der Waals surface area contributed by atoms with E-state index < -0.39 is 23.8 Å². The third-order valence-electron chi connectivity index (χ3n) is 3.55. The number of amides is 1. The van der Waals surface area contributed by atoms with Gasteiger partial charge in [0.25, 0.3) is 5.91 Å². The number of H-pyrrole nitrogens is 1. The fourth-order valence-corrected chi connectivity index (χ4v) is 2.46. The van der Waals surface area contributed by atoms with Crippen molar-refractivity contribution < 1.29 is 23.4 Å². The zero-order chi connectivity index (χ0) is 16.4. The van der Waals surface area contributed by atoms with Gasteiger partial charge in [-0.2, -0.15) is 5.10 Å². The molecule has 9 heteroatoms. The molecular weight excluding hydrogens is 310 g/mol. The number of halogens is 2. The molecule has 0 bridgehead atoms.